The molecule has 1 amide bonds. The van der Waals surface area contributed by atoms with Crippen LogP contribution in [0.5, 0.6) is 0 Å². The molecule has 3 aliphatic rings. The molecule has 0 saturated heterocycles. The molecule has 2 aromatic carbocycles. The topological polar surface area (TPSA) is 85.8 Å². The maximum atomic E-state index is 13.1. The molecule has 7 heteroatoms. The summed E-state index contributed by atoms with van der Waals surface area (Å²) >= 11 is 0. The predicted octanol–water partition coefficient (Wildman–Crippen LogP) is 0.580. The summed E-state index contributed by atoms with van der Waals surface area (Å²) in [6.07, 6.45) is 0.942. The Labute approximate surface area is 150 Å². The number of rotatable bonds is 0. The number of carbonyl (C=O) groups is 1. The van der Waals surface area contributed by atoms with Crippen molar-refractivity contribution in [1.82, 2.24) is 10.6 Å². The van der Waals surface area contributed by atoms with Crippen molar-refractivity contribution in [3.8, 4) is 0 Å². The van der Waals surface area contributed by atoms with Crippen molar-refractivity contribution < 1.29 is 9.37 Å². The Morgan fingerprint density at radius 1 is 1.19 bits per heavy atom. The molecule has 0 radical (unpaired) electrons. The van der Waals surface area contributed by atoms with Crippen LogP contribution in [0.15, 0.2) is 53.5 Å². The van der Waals surface area contributed by atoms with Crippen molar-refractivity contribution >= 4 is 29.2 Å². The first-order valence-electron chi connectivity index (χ1n) is 8.61. The van der Waals surface area contributed by atoms with E-state index in [1.54, 1.807) is 11.9 Å². The predicted molar refractivity (Wildman–Crippen MR) is 99.4 cm³/mol. The molecule has 7 nitrogen and oxygen atoms in total. The number of anilines is 1. The minimum atomic E-state index is -1.23. The van der Waals surface area contributed by atoms with Gasteiger partial charge in [-0.2, -0.15) is 4.99 Å². The van der Waals surface area contributed by atoms with Crippen LogP contribution in [0.1, 0.15) is 11.1 Å². The number of hydrogen-bond donors (Lipinski definition) is 3. The van der Waals surface area contributed by atoms with E-state index in [4.69, 9.17) is 5.73 Å². The van der Waals surface area contributed by atoms with E-state index >= 15 is 0 Å². The quantitative estimate of drug-likeness (QED) is 0.609. The van der Waals surface area contributed by atoms with Gasteiger partial charge in [-0.1, -0.05) is 36.4 Å². The Kier molecular flexibility index (Phi) is 2.92. The standard InChI is InChI=1S/C19H18N6O/c1-24-15-9-5-3-7-13(15)19(16(24)26)22-17(20)21-18(23-19)25-11-10-12-6-2-4-8-14(12)25/h2-9H,10-11H2,1H3,(H3,20,21,22,23)/p+1/t19-/m0/s1. The first-order chi connectivity index (χ1) is 12.6. The van der Waals surface area contributed by atoms with Gasteiger partial charge in [-0.15, -0.1) is 0 Å². The van der Waals surface area contributed by atoms with Gasteiger partial charge in [-0.05, 0) is 17.7 Å². The van der Waals surface area contributed by atoms with Gasteiger partial charge in [0.15, 0.2) is 0 Å². The Morgan fingerprint density at radius 3 is 2.85 bits per heavy atom. The first kappa shape index (κ1) is 14.9. The van der Waals surface area contributed by atoms with Crippen LogP contribution in [-0.2, 0) is 16.9 Å². The van der Waals surface area contributed by atoms with E-state index in [-0.39, 0.29) is 11.9 Å². The Hall–Kier alpha value is -3.35. The van der Waals surface area contributed by atoms with E-state index in [9.17, 15) is 4.79 Å². The third-order valence-electron chi connectivity index (χ3n) is 5.26. The van der Waals surface area contributed by atoms with Crippen LogP contribution >= 0.6 is 0 Å². The molecule has 26 heavy (non-hydrogen) atoms. The minimum Gasteiger partial charge on any atom is -0.357 e. The van der Waals surface area contributed by atoms with Crippen molar-refractivity contribution in [2.45, 2.75) is 12.1 Å². The summed E-state index contributed by atoms with van der Waals surface area (Å²) in [5, 5.41) is 6.46. The van der Waals surface area contributed by atoms with Gasteiger partial charge in [0.25, 0.3) is 17.5 Å². The largest absolute Gasteiger partial charge is 0.360 e. The third-order valence-corrected chi connectivity index (χ3v) is 5.26. The number of carbonyl (C=O) groups excluding carboxylic acids is 1. The van der Waals surface area contributed by atoms with Crippen molar-refractivity contribution in [2.24, 2.45) is 10.7 Å². The van der Waals surface area contributed by atoms with Gasteiger partial charge in [0.05, 0.1) is 12.2 Å². The van der Waals surface area contributed by atoms with Crippen molar-refractivity contribution in [3.05, 3.63) is 59.7 Å². The summed E-state index contributed by atoms with van der Waals surface area (Å²) in [6, 6.07) is 15.9. The lowest BCUT2D eigenvalue weighted by Gasteiger charge is -2.27. The monoisotopic (exact) mass is 347 g/mol. The second-order valence-corrected chi connectivity index (χ2v) is 6.72. The summed E-state index contributed by atoms with van der Waals surface area (Å²) < 4.78 is 2.12. The number of likely N-dealkylation sites (N-methyl/N-ethyl adjacent to an activating group) is 1. The number of nitrogens with zero attached hydrogens (tertiary/aromatic N) is 3. The SMILES string of the molecule is CN1C(=O)[C@]2(N=C(N)NC(=[N+]3CCc4ccccc43)N2)c2ccccc21. The number of benzene rings is 2. The fraction of sp³-hybridized carbons (Fsp3) is 0.211. The van der Waals surface area contributed by atoms with Crippen molar-refractivity contribution in [3.63, 3.8) is 0 Å². The number of guanidine groups is 2. The van der Waals surface area contributed by atoms with E-state index < -0.39 is 5.66 Å². The smallest absolute Gasteiger partial charge is 0.357 e. The zero-order valence-corrected chi connectivity index (χ0v) is 14.4. The molecule has 0 aliphatic carbocycles. The third kappa shape index (κ3) is 1.85. The van der Waals surface area contributed by atoms with Crippen LogP contribution in [-0.4, -0.2) is 36.0 Å². The average Bonchev–Trinajstić information content (AvgIpc) is 3.17. The normalized spacial score (nSPS) is 26.3. The molecule has 130 valence electrons. The number of hydrogen-bond acceptors (Lipinski definition) is 3. The number of amides is 1. The first-order valence-corrected chi connectivity index (χ1v) is 8.61. The molecule has 2 aromatic rings. The second kappa shape index (κ2) is 5.08. The van der Waals surface area contributed by atoms with Crippen molar-refractivity contribution in [1.29, 1.82) is 0 Å². The fourth-order valence-electron chi connectivity index (χ4n) is 4.03. The molecule has 4 N–H and O–H groups in total. The van der Waals surface area contributed by atoms with Crippen LogP contribution in [0.25, 0.3) is 0 Å². The Bertz CT molecular complexity index is 1010. The minimum absolute atomic E-state index is 0.145. The van der Waals surface area contributed by atoms with E-state index in [0.29, 0.717) is 5.96 Å². The van der Waals surface area contributed by atoms with Gasteiger partial charge in [-0.25, -0.2) is 15.2 Å². The Balaban J connectivity index is 1.69. The molecule has 3 heterocycles. The number of fused-ring (bicyclic) bond motifs is 3. The molecule has 1 spiro atoms. The molecule has 0 saturated carbocycles. The summed E-state index contributed by atoms with van der Waals surface area (Å²) in [5.41, 5.74) is 8.91. The second-order valence-electron chi connectivity index (χ2n) is 6.72. The fourth-order valence-corrected chi connectivity index (χ4v) is 4.03. The van der Waals surface area contributed by atoms with E-state index in [1.165, 1.54) is 5.56 Å². The molecular formula is C19H19N6O+. The van der Waals surface area contributed by atoms with Crippen molar-refractivity contribution in [2.75, 3.05) is 18.5 Å². The summed E-state index contributed by atoms with van der Waals surface area (Å²) in [6.45, 7) is 0.809. The molecule has 0 bridgehead atoms. The number of nitrogens with one attached hydrogen (secondary N) is 2. The highest BCUT2D eigenvalue weighted by molar-refractivity contribution is 6.12. The van der Waals surface area contributed by atoms with Crippen LogP contribution in [0.4, 0.5) is 11.4 Å². The molecule has 1 atom stereocenters. The van der Waals surface area contributed by atoms with Gasteiger partial charge >= 0.3 is 5.96 Å². The highest BCUT2D eigenvalue weighted by atomic mass is 16.2. The van der Waals surface area contributed by atoms with Gasteiger partial charge in [0, 0.05) is 19.0 Å². The number of para-hydroxylation sites is 2. The average molecular weight is 347 g/mol. The lowest BCUT2D eigenvalue weighted by Crippen LogP contribution is -2.63. The lowest BCUT2D eigenvalue weighted by atomic mass is 10.0. The van der Waals surface area contributed by atoms with Crippen LogP contribution < -0.4 is 21.3 Å². The van der Waals surface area contributed by atoms with Crippen LogP contribution in [0.3, 0.4) is 0 Å². The molecular weight excluding hydrogens is 328 g/mol. The highest BCUT2D eigenvalue weighted by Crippen LogP contribution is 2.41. The highest BCUT2D eigenvalue weighted by Gasteiger charge is 2.56. The molecule has 0 unspecified atom stereocenters. The van der Waals surface area contributed by atoms with Gasteiger partial charge < -0.3 is 10.6 Å². The zero-order chi connectivity index (χ0) is 17.9. The number of nitrogens with two attached hydrogens (primary N) is 1. The van der Waals surface area contributed by atoms with Gasteiger partial charge in [0.1, 0.15) is 5.69 Å². The number of aliphatic imine (C=N–C) groups is 1. The van der Waals surface area contributed by atoms with E-state index in [0.717, 1.165) is 29.9 Å². The van der Waals surface area contributed by atoms with Gasteiger partial charge in [0.2, 0.25) is 0 Å². The summed E-state index contributed by atoms with van der Waals surface area (Å²) in [7, 11) is 1.76. The molecule has 0 aromatic heterocycles. The molecule has 3 aliphatic heterocycles. The Morgan fingerprint density at radius 2 is 1.96 bits per heavy atom. The molecule has 5 rings (SSSR count). The maximum Gasteiger partial charge on any atom is 0.360 e. The van der Waals surface area contributed by atoms with Crippen LogP contribution in [0, 0.1) is 0 Å². The van der Waals surface area contributed by atoms with E-state index in [2.05, 4.69) is 32.3 Å². The molecule has 0 fully saturated rings. The van der Waals surface area contributed by atoms with Gasteiger partial charge in [-0.3, -0.25) is 4.79 Å². The lowest BCUT2D eigenvalue weighted by molar-refractivity contribution is -0.434. The summed E-state index contributed by atoms with van der Waals surface area (Å²) in [5.74, 6) is 0.760. The van der Waals surface area contributed by atoms with E-state index in [1.807, 2.05) is 36.4 Å². The maximum absolute atomic E-state index is 13.1. The zero-order valence-electron chi connectivity index (χ0n) is 14.4. The van der Waals surface area contributed by atoms with Crippen LogP contribution in [0.2, 0.25) is 0 Å². The summed E-state index contributed by atoms with van der Waals surface area (Å²) in [4.78, 5) is 19.3.